The van der Waals surface area contributed by atoms with Crippen molar-refractivity contribution < 1.29 is 9.59 Å². The predicted molar refractivity (Wildman–Crippen MR) is 56.4 cm³/mol. The number of benzene rings is 1. The first-order chi connectivity index (χ1) is 7.15. The van der Waals surface area contributed by atoms with E-state index >= 15 is 0 Å². The molecule has 0 radical (unpaired) electrons. The highest BCUT2D eigenvalue weighted by molar-refractivity contribution is 5.96. The lowest BCUT2D eigenvalue weighted by molar-refractivity contribution is -0.124. The minimum Gasteiger partial charge on any atom is -0.355 e. The van der Waals surface area contributed by atoms with E-state index in [1.165, 1.54) is 0 Å². The quantitative estimate of drug-likeness (QED) is 0.780. The molecule has 3 heteroatoms. The zero-order valence-electron chi connectivity index (χ0n) is 8.62. The van der Waals surface area contributed by atoms with E-state index in [2.05, 4.69) is 5.32 Å². The molecular formula is C12H13NO2. The van der Waals surface area contributed by atoms with E-state index in [1.54, 1.807) is 6.92 Å². The van der Waals surface area contributed by atoms with E-state index in [-0.39, 0.29) is 18.1 Å². The van der Waals surface area contributed by atoms with E-state index in [9.17, 15) is 9.59 Å². The van der Waals surface area contributed by atoms with Crippen molar-refractivity contribution in [2.75, 3.05) is 6.54 Å². The molecule has 1 amide bonds. The topological polar surface area (TPSA) is 46.2 Å². The van der Waals surface area contributed by atoms with E-state index in [1.807, 2.05) is 30.3 Å². The number of hydrogen-bond acceptors (Lipinski definition) is 2. The summed E-state index contributed by atoms with van der Waals surface area (Å²) in [6.07, 6.45) is 0.270. The number of carbonyl (C=O) groups is 2. The maximum Gasteiger partial charge on any atom is 0.221 e. The fourth-order valence-corrected chi connectivity index (χ4v) is 2.06. The van der Waals surface area contributed by atoms with Gasteiger partial charge in [0.1, 0.15) is 5.78 Å². The predicted octanol–water partition coefficient (Wildman–Crippen LogP) is 1.03. The molecule has 1 aromatic carbocycles. The number of nitrogens with one attached hydrogen (secondary N) is 1. The number of Topliss-reactive ketones (excluding diaryl/α,β-unsaturated/α-hetero) is 1. The number of hydrogen-bond donors (Lipinski definition) is 1. The zero-order valence-corrected chi connectivity index (χ0v) is 8.62. The summed E-state index contributed by atoms with van der Waals surface area (Å²) in [5.41, 5.74) is 0.286. The fourth-order valence-electron chi connectivity index (χ4n) is 2.06. The maximum absolute atomic E-state index is 11.7. The lowest BCUT2D eigenvalue weighted by atomic mass is 9.76. The Morgan fingerprint density at radius 2 is 2.00 bits per heavy atom. The summed E-state index contributed by atoms with van der Waals surface area (Å²) >= 11 is 0. The van der Waals surface area contributed by atoms with E-state index in [0.717, 1.165) is 5.56 Å². The van der Waals surface area contributed by atoms with Crippen molar-refractivity contribution in [1.29, 1.82) is 0 Å². The first-order valence-corrected chi connectivity index (χ1v) is 4.98. The lowest BCUT2D eigenvalue weighted by Gasteiger charge is -2.24. The van der Waals surface area contributed by atoms with Crippen LogP contribution >= 0.6 is 0 Å². The molecule has 1 aliphatic heterocycles. The molecule has 78 valence electrons. The Bertz CT molecular complexity index is 399. The summed E-state index contributed by atoms with van der Waals surface area (Å²) in [7, 11) is 0. The van der Waals surface area contributed by atoms with Gasteiger partial charge in [-0.25, -0.2) is 0 Å². The van der Waals surface area contributed by atoms with Crippen LogP contribution in [0.25, 0.3) is 0 Å². The second-order valence-corrected chi connectivity index (χ2v) is 3.96. The van der Waals surface area contributed by atoms with Crippen LogP contribution in [0.15, 0.2) is 30.3 Å². The molecule has 1 saturated heterocycles. The Morgan fingerprint density at radius 3 is 2.47 bits per heavy atom. The zero-order chi connectivity index (χ0) is 10.9. The van der Waals surface area contributed by atoms with E-state index < -0.39 is 5.41 Å². The molecule has 1 unspecified atom stereocenters. The van der Waals surface area contributed by atoms with Crippen LogP contribution in [0, 0.1) is 0 Å². The second kappa shape index (κ2) is 3.50. The molecule has 0 aromatic heterocycles. The molecular weight excluding hydrogens is 190 g/mol. The van der Waals surface area contributed by atoms with Crippen LogP contribution in [0.5, 0.6) is 0 Å². The van der Waals surface area contributed by atoms with Crippen molar-refractivity contribution in [1.82, 2.24) is 5.32 Å². The molecule has 2 rings (SSSR count). The molecule has 3 nitrogen and oxygen atoms in total. The molecule has 1 aromatic rings. The van der Waals surface area contributed by atoms with Crippen LogP contribution in [0.4, 0.5) is 0 Å². The van der Waals surface area contributed by atoms with E-state index in [0.29, 0.717) is 6.54 Å². The van der Waals surface area contributed by atoms with Crippen molar-refractivity contribution in [3.05, 3.63) is 35.9 Å². The summed E-state index contributed by atoms with van der Waals surface area (Å²) in [5, 5.41) is 2.73. The Kier molecular flexibility index (Phi) is 2.31. The molecule has 1 aliphatic rings. The Labute approximate surface area is 88.5 Å². The van der Waals surface area contributed by atoms with Crippen molar-refractivity contribution in [3.63, 3.8) is 0 Å². The van der Waals surface area contributed by atoms with Gasteiger partial charge in [0.05, 0.1) is 5.41 Å². The number of amides is 1. The van der Waals surface area contributed by atoms with Crippen molar-refractivity contribution in [2.24, 2.45) is 0 Å². The van der Waals surface area contributed by atoms with Crippen LogP contribution in [0.3, 0.4) is 0 Å². The minimum atomic E-state index is -0.641. The van der Waals surface area contributed by atoms with Crippen LogP contribution in [0.1, 0.15) is 18.9 Å². The summed E-state index contributed by atoms with van der Waals surface area (Å²) in [5.74, 6) is 0.00102. The Morgan fingerprint density at radius 1 is 1.33 bits per heavy atom. The van der Waals surface area contributed by atoms with Gasteiger partial charge in [0, 0.05) is 13.0 Å². The third kappa shape index (κ3) is 1.54. The third-order valence-corrected chi connectivity index (χ3v) is 3.05. The number of carbonyl (C=O) groups excluding carboxylic acids is 2. The molecule has 1 heterocycles. The van der Waals surface area contributed by atoms with Crippen molar-refractivity contribution >= 4 is 11.7 Å². The van der Waals surface area contributed by atoms with E-state index in [4.69, 9.17) is 0 Å². The smallest absolute Gasteiger partial charge is 0.221 e. The SMILES string of the molecule is CC(=O)C1(c2ccccc2)CNC(=O)C1. The maximum atomic E-state index is 11.7. The standard InChI is InChI=1S/C12H13NO2/c1-9(14)12(7-11(15)13-8-12)10-5-3-2-4-6-10/h2-6H,7-8H2,1H3,(H,13,15). The van der Waals surface area contributed by atoms with Gasteiger partial charge in [-0.1, -0.05) is 30.3 Å². The Hall–Kier alpha value is -1.64. The highest BCUT2D eigenvalue weighted by Crippen LogP contribution is 2.31. The second-order valence-electron chi connectivity index (χ2n) is 3.96. The van der Waals surface area contributed by atoms with Gasteiger partial charge in [0.2, 0.25) is 5.91 Å². The van der Waals surface area contributed by atoms with Crippen LogP contribution in [-0.2, 0) is 15.0 Å². The van der Waals surface area contributed by atoms with Gasteiger partial charge in [0.15, 0.2) is 0 Å². The normalized spacial score (nSPS) is 25.0. The fraction of sp³-hybridized carbons (Fsp3) is 0.333. The Balaban J connectivity index is 2.45. The average Bonchev–Trinajstić information content (AvgIpc) is 2.63. The molecule has 0 spiro atoms. The van der Waals surface area contributed by atoms with Gasteiger partial charge in [-0.05, 0) is 12.5 Å². The molecule has 1 N–H and O–H groups in total. The molecule has 0 bridgehead atoms. The van der Waals surface area contributed by atoms with Gasteiger partial charge >= 0.3 is 0 Å². The van der Waals surface area contributed by atoms with Gasteiger partial charge in [-0.3, -0.25) is 9.59 Å². The number of rotatable bonds is 2. The molecule has 0 saturated carbocycles. The largest absolute Gasteiger partial charge is 0.355 e. The van der Waals surface area contributed by atoms with Crippen LogP contribution in [-0.4, -0.2) is 18.2 Å². The molecule has 1 fully saturated rings. The minimum absolute atomic E-state index is 0.0472. The van der Waals surface area contributed by atoms with Gasteiger partial charge in [0.25, 0.3) is 0 Å². The highest BCUT2D eigenvalue weighted by atomic mass is 16.2. The lowest BCUT2D eigenvalue weighted by Crippen LogP contribution is -2.36. The average molecular weight is 203 g/mol. The summed E-state index contributed by atoms with van der Waals surface area (Å²) in [6, 6.07) is 9.50. The van der Waals surface area contributed by atoms with Gasteiger partial charge in [-0.15, -0.1) is 0 Å². The summed E-state index contributed by atoms with van der Waals surface area (Å²) in [6.45, 7) is 1.97. The van der Waals surface area contributed by atoms with Gasteiger partial charge in [-0.2, -0.15) is 0 Å². The number of ketones is 1. The highest BCUT2D eigenvalue weighted by Gasteiger charge is 2.43. The summed E-state index contributed by atoms with van der Waals surface area (Å²) < 4.78 is 0. The molecule has 0 aliphatic carbocycles. The van der Waals surface area contributed by atoms with Crippen LogP contribution < -0.4 is 5.32 Å². The van der Waals surface area contributed by atoms with Crippen LogP contribution in [0.2, 0.25) is 0 Å². The monoisotopic (exact) mass is 203 g/mol. The first-order valence-electron chi connectivity index (χ1n) is 4.98. The molecule has 15 heavy (non-hydrogen) atoms. The third-order valence-electron chi connectivity index (χ3n) is 3.05. The van der Waals surface area contributed by atoms with Gasteiger partial charge < -0.3 is 5.32 Å². The van der Waals surface area contributed by atoms with Crippen molar-refractivity contribution in [2.45, 2.75) is 18.8 Å². The van der Waals surface area contributed by atoms with Crippen molar-refractivity contribution in [3.8, 4) is 0 Å². The first kappa shape index (κ1) is 9.90. The molecule has 1 atom stereocenters. The summed E-state index contributed by atoms with van der Waals surface area (Å²) in [4.78, 5) is 23.0.